The zero-order chi connectivity index (χ0) is 36.9. The molecule has 3 heteroatoms. The van der Waals surface area contributed by atoms with Gasteiger partial charge in [-0.1, -0.05) is 146 Å². The van der Waals surface area contributed by atoms with Gasteiger partial charge in [-0.15, -0.1) is 0 Å². The van der Waals surface area contributed by atoms with E-state index in [0.29, 0.717) is 12.0 Å². The number of hydrogen-bond donors (Lipinski definition) is 0. The molecule has 1 unspecified atom stereocenters. The molecule has 0 saturated carbocycles. The minimum absolute atomic E-state index is 0.110. The zero-order valence-corrected chi connectivity index (χ0v) is 30.4. The number of allylic oxidation sites excluding steroid dienone is 1. The van der Waals surface area contributed by atoms with Crippen LogP contribution in [0.2, 0.25) is 0 Å². The van der Waals surface area contributed by atoms with Crippen molar-refractivity contribution >= 4 is 5.57 Å². The minimum atomic E-state index is 0.110. The molecule has 1 aliphatic carbocycles. The summed E-state index contributed by atoms with van der Waals surface area (Å²) in [4.78, 5) is 0. The van der Waals surface area contributed by atoms with Gasteiger partial charge in [-0.2, -0.15) is 5.26 Å². The SMILES string of the molecule is CC1CC2=C(c3cc(-c4ccccc4)c(-c4ccccc4)cc3-c3ccccc3O2)c2ccn(-c3c(C#N)cc(-c4ccccc4)cc3-c3ccccc3)c21. The van der Waals surface area contributed by atoms with Gasteiger partial charge in [0.1, 0.15) is 17.6 Å². The Labute approximate surface area is 321 Å². The molecule has 1 aliphatic heterocycles. The first-order chi connectivity index (χ1) is 27.2. The van der Waals surface area contributed by atoms with E-state index in [4.69, 9.17) is 4.74 Å². The summed E-state index contributed by atoms with van der Waals surface area (Å²) in [5.41, 5.74) is 17.2. The second-order valence-electron chi connectivity index (χ2n) is 14.4. The maximum Gasteiger partial charge on any atom is 0.134 e. The molecule has 7 aromatic carbocycles. The monoisotopic (exact) mass is 704 g/mol. The van der Waals surface area contributed by atoms with E-state index in [-0.39, 0.29) is 5.92 Å². The van der Waals surface area contributed by atoms with Gasteiger partial charge in [-0.05, 0) is 86.5 Å². The third-order valence-corrected chi connectivity index (χ3v) is 11.1. The van der Waals surface area contributed by atoms with Crippen molar-refractivity contribution in [3.8, 4) is 73.1 Å². The lowest BCUT2D eigenvalue weighted by Gasteiger charge is -2.28. The van der Waals surface area contributed by atoms with E-state index in [9.17, 15) is 5.26 Å². The van der Waals surface area contributed by atoms with E-state index >= 15 is 0 Å². The topological polar surface area (TPSA) is 38.0 Å². The van der Waals surface area contributed by atoms with Crippen LogP contribution in [0.15, 0.2) is 188 Å². The molecule has 0 bridgehead atoms. The van der Waals surface area contributed by atoms with Gasteiger partial charge in [0.15, 0.2) is 0 Å². The van der Waals surface area contributed by atoms with Gasteiger partial charge in [0.2, 0.25) is 0 Å². The van der Waals surface area contributed by atoms with Crippen molar-refractivity contribution in [1.29, 1.82) is 5.26 Å². The standard InChI is InChI=1S/C52H36N2O/c1-34-28-49-50(42-26-27-54(51(34)42)52-40(33-53)29-39(35-16-6-2-7-17-35)30-45(52)38-22-12-5-13-23-38)47-32-44(37-20-10-4-11-21-37)43(36-18-8-3-9-19-36)31-46(47)41-24-14-15-25-48(41)55-49/h2-27,29-32,34H,28H2,1H3. The normalized spacial score (nSPS) is 14.1. The summed E-state index contributed by atoms with van der Waals surface area (Å²) in [5, 5.41) is 10.9. The molecular formula is C52H36N2O. The highest BCUT2D eigenvalue weighted by molar-refractivity contribution is 6.00. The van der Waals surface area contributed by atoms with Crippen LogP contribution >= 0.6 is 0 Å². The summed E-state index contributed by atoms with van der Waals surface area (Å²) in [5.74, 6) is 1.95. The van der Waals surface area contributed by atoms with Crippen LogP contribution in [0.5, 0.6) is 5.75 Å². The number of rotatable bonds is 5. The highest BCUT2D eigenvalue weighted by Crippen LogP contribution is 2.52. The number of nitriles is 1. The van der Waals surface area contributed by atoms with Crippen molar-refractivity contribution in [2.75, 3.05) is 0 Å². The maximum absolute atomic E-state index is 10.9. The molecule has 3 nitrogen and oxygen atoms in total. The van der Waals surface area contributed by atoms with Crippen molar-refractivity contribution in [3.05, 3.63) is 210 Å². The lowest BCUT2D eigenvalue weighted by Crippen LogP contribution is -2.16. The van der Waals surface area contributed by atoms with E-state index in [2.05, 4.69) is 169 Å². The summed E-state index contributed by atoms with van der Waals surface area (Å²) < 4.78 is 9.28. The Balaban J connectivity index is 1.24. The molecule has 260 valence electrons. The van der Waals surface area contributed by atoms with E-state index in [1.807, 2.05) is 30.3 Å². The number of ether oxygens (including phenoxy) is 1. The summed E-state index contributed by atoms with van der Waals surface area (Å²) in [6, 6.07) is 64.4. The van der Waals surface area contributed by atoms with Crippen LogP contribution in [0.1, 0.15) is 41.6 Å². The van der Waals surface area contributed by atoms with E-state index in [1.54, 1.807) is 0 Å². The van der Waals surface area contributed by atoms with Crippen molar-refractivity contribution in [1.82, 2.24) is 4.57 Å². The number of para-hydroxylation sites is 1. The highest BCUT2D eigenvalue weighted by atomic mass is 16.5. The molecule has 55 heavy (non-hydrogen) atoms. The Bertz CT molecular complexity index is 2810. The van der Waals surface area contributed by atoms with Crippen LogP contribution in [0.4, 0.5) is 0 Å². The highest BCUT2D eigenvalue weighted by Gasteiger charge is 2.35. The smallest absolute Gasteiger partial charge is 0.134 e. The quantitative estimate of drug-likeness (QED) is 0.179. The van der Waals surface area contributed by atoms with Gasteiger partial charge in [0, 0.05) is 46.5 Å². The molecule has 0 amide bonds. The summed E-state index contributed by atoms with van der Waals surface area (Å²) in [6.45, 7) is 2.28. The fourth-order valence-electron chi connectivity index (χ4n) is 8.64. The molecule has 1 aromatic heterocycles. The Morgan fingerprint density at radius 3 is 1.67 bits per heavy atom. The first-order valence-corrected chi connectivity index (χ1v) is 18.9. The van der Waals surface area contributed by atoms with Gasteiger partial charge in [0.25, 0.3) is 0 Å². The number of benzene rings is 7. The van der Waals surface area contributed by atoms with Crippen LogP contribution in [0, 0.1) is 11.3 Å². The molecule has 8 aromatic rings. The average Bonchev–Trinajstić information content (AvgIpc) is 3.64. The molecule has 0 N–H and O–H groups in total. The fourth-order valence-corrected chi connectivity index (χ4v) is 8.64. The molecular weight excluding hydrogens is 669 g/mol. The lowest BCUT2D eigenvalue weighted by molar-refractivity contribution is 0.392. The number of fused-ring (bicyclic) bond motifs is 6. The molecule has 0 spiro atoms. The molecule has 1 atom stereocenters. The molecule has 2 heterocycles. The summed E-state index contributed by atoms with van der Waals surface area (Å²) >= 11 is 0. The van der Waals surface area contributed by atoms with E-state index in [0.717, 1.165) is 72.8 Å². The average molecular weight is 705 g/mol. The Morgan fingerprint density at radius 1 is 0.509 bits per heavy atom. The van der Waals surface area contributed by atoms with Crippen molar-refractivity contribution < 1.29 is 4.74 Å². The van der Waals surface area contributed by atoms with Crippen LogP contribution in [0.3, 0.4) is 0 Å². The van der Waals surface area contributed by atoms with Gasteiger partial charge in [0.05, 0.1) is 11.3 Å². The molecule has 0 radical (unpaired) electrons. The first kappa shape index (κ1) is 32.5. The predicted octanol–water partition coefficient (Wildman–Crippen LogP) is 13.3. The number of nitrogens with zero attached hydrogens (tertiary/aromatic N) is 2. The molecule has 0 saturated heterocycles. The van der Waals surface area contributed by atoms with Gasteiger partial charge >= 0.3 is 0 Å². The van der Waals surface area contributed by atoms with Crippen LogP contribution < -0.4 is 4.74 Å². The largest absolute Gasteiger partial charge is 0.460 e. The maximum atomic E-state index is 10.9. The van der Waals surface area contributed by atoms with Gasteiger partial charge in [-0.25, -0.2) is 0 Å². The van der Waals surface area contributed by atoms with Crippen LogP contribution in [0.25, 0.3) is 66.9 Å². The van der Waals surface area contributed by atoms with Crippen molar-refractivity contribution in [2.45, 2.75) is 19.3 Å². The van der Waals surface area contributed by atoms with Crippen molar-refractivity contribution in [3.63, 3.8) is 0 Å². The molecule has 10 rings (SSSR count). The fraction of sp³-hybridized carbons (Fsp3) is 0.0577. The van der Waals surface area contributed by atoms with Crippen molar-refractivity contribution in [2.24, 2.45) is 0 Å². The van der Waals surface area contributed by atoms with Gasteiger partial charge in [-0.3, -0.25) is 0 Å². The zero-order valence-electron chi connectivity index (χ0n) is 30.4. The van der Waals surface area contributed by atoms with Gasteiger partial charge < -0.3 is 9.30 Å². The Morgan fingerprint density at radius 2 is 1.05 bits per heavy atom. The first-order valence-electron chi connectivity index (χ1n) is 18.9. The van der Waals surface area contributed by atoms with E-state index in [1.165, 1.54) is 22.4 Å². The number of hydrogen-bond acceptors (Lipinski definition) is 2. The molecule has 2 aliphatic rings. The second kappa shape index (κ2) is 13.4. The second-order valence-corrected chi connectivity index (χ2v) is 14.4. The summed E-state index contributed by atoms with van der Waals surface area (Å²) in [6.07, 6.45) is 2.88. The molecule has 0 fully saturated rings. The van der Waals surface area contributed by atoms with E-state index < -0.39 is 0 Å². The number of aromatic nitrogens is 1. The van der Waals surface area contributed by atoms with Crippen LogP contribution in [-0.4, -0.2) is 4.57 Å². The predicted molar refractivity (Wildman–Crippen MR) is 224 cm³/mol. The Kier molecular flexibility index (Phi) is 7.90. The third kappa shape index (κ3) is 5.50. The lowest BCUT2D eigenvalue weighted by atomic mass is 9.80. The third-order valence-electron chi connectivity index (χ3n) is 11.1. The van der Waals surface area contributed by atoms with Crippen LogP contribution in [-0.2, 0) is 0 Å². The Hall–Kier alpha value is -7.15. The summed E-state index contributed by atoms with van der Waals surface area (Å²) in [7, 11) is 0. The minimum Gasteiger partial charge on any atom is -0.460 e.